The van der Waals surface area contributed by atoms with Gasteiger partial charge in [-0.1, -0.05) is 6.92 Å². The van der Waals surface area contributed by atoms with E-state index in [0.29, 0.717) is 24.3 Å². The number of anilines is 1. The topological polar surface area (TPSA) is 69.9 Å². The predicted octanol–water partition coefficient (Wildman–Crippen LogP) is 1.44. The second-order valence-electron chi connectivity index (χ2n) is 5.58. The zero-order chi connectivity index (χ0) is 16.3. The molecule has 1 fully saturated rings. The number of carbonyl (C=O) groups excluding carboxylic acids is 1. The Bertz CT molecular complexity index is 566. The van der Waals surface area contributed by atoms with Crippen molar-refractivity contribution in [2.24, 2.45) is 0 Å². The fourth-order valence-corrected chi connectivity index (χ4v) is 2.63. The van der Waals surface area contributed by atoms with Gasteiger partial charge in [-0.3, -0.25) is 14.9 Å². The van der Waals surface area contributed by atoms with Crippen LogP contribution in [-0.2, 0) is 0 Å². The molecule has 120 valence electrons. The summed E-state index contributed by atoms with van der Waals surface area (Å²) in [6, 6.07) is 4.67. The lowest BCUT2D eigenvalue weighted by Gasteiger charge is -2.34. The second kappa shape index (κ2) is 6.74. The zero-order valence-corrected chi connectivity index (χ0v) is 13.3. The molecule has 1 aromatic rings. The summed E-state index contributed by atoms with van der Waals surface area (Å²) in [6.45, 7) is 6.10. The van der Waals surface area contributed by atoms with Crippen molar-refractivity contribution >= 4 is 17.3 Å². The van der Waals surface area contributed by atoms with E-state index in [1.165, 1.54) is 6.07 Å². The second-order valence-corrected chi connectivity index (χ2v) is 5.58. The molecule has 1 aliphatic rings. The van der Waals surface area contributed by atoms with E-state index in [1.54, 1.807) is 36.0 Å². The number of hydrogen-bond acceptors (Lipinski definition) is 5. The molecule has 0 spiro atoms. The molecule has 0 unspecified atom stereocenters. The van der Waals surface area contributed by atoms with E-state index in [0.717, 1.165) is 19.6 Å². The van der Waals surface area contributed by atoms with Crippen LogP contribution in [0.1, 0.15) is 17.3 Å². The van der Waals surface area contributed by atoms with Crippen LogP contribution in [0.5, 0.6) is 0 Å². The van der Waals surface area contributed by atoms with Crippen LogP contribution in [0.15, 0.2) is 18.2 Å². The Kier molecular flexibility index (Phi) is 4.97. The highest BCUT2D eigenvalue weighted by Crippen LogP contribution is 2.28. The lowest BCUT2D eigenvalue weighted by Crippen LogP contribution is -2.48. The highest BCUT2D eigenvalue weighted by atomic mass is 16.6. The molecule has 1 saturated heterocycles. The first-order valence-corrected chi connectivity index (χ1v) is 7.41. The normalized spacial score (nSPS) is 15.7. The third kappa shape index (κ3) is 3.36. The van der Waals surface area contributed by atoms with Crippen LogP contribution in [0.25, 0.3) is 0 Å². The number of carbonyl (C=O) groups is 1. The summed E-state index contributed by atoms with van der Waals surface area (Å²) < 4.78 is 0. The highest BCUT2D eigenvalue weighted by molar-refractivity contribution is 5.95. The van der Waals surface area contributed by atoms with Gasteiger partial charge in [0.05, 0.1) is 4.92 Å². The van der Waals surface area contributed by atoms with Crippen LogP contribution in [-0.4, -0.2) is 67.4 Å². The van der Waals surface area contributed by atoms with E-state index in [4.69, 9.17) is 0 Å². The molecule has 0 atom stereocenters. The molecule has 0 radical (unpaired) electrons. The van der Waals surface area contributed by atoms with Gasteiger partial charge in [-0.25, -0.2) is 0 Å². The van der Waals surface area contributed by atoms with Crippen LogP contribution < -0.4 is 4.90 Å². The Morgan fingerprint density at radius 1 is 1.27 bits per heavy atom. The predicted molar refractivity (Wildman–Crippen MR) is 85.4 cm³/mol. The van der Waals surface area contributed by atoms with Crippen LogP contribution in [0.3, 0.4) is 0 Å². The average molecular weight is 306 g/mol. The van der Waals surface area contributed by atoms with E-state index >= 15 is 0 Å². The van der Waals surface area contributed by atoms with E-state index < -0.39 is 4.92 Å². The number of piperazine rings is 1. The average Bonchev–Trinajstić information content (AvgIpc) is 2.53. The van der Waals surface area contributed by atoms with Crippen molar-refractivity contribution in [2.75, 3.05) is 51.7 Å². The van der Waals surface area contributed by atoms with Crippen molar-refractivity contribution in [3.63, 3.8) is 0 Å². The molecule has 7 nitrogen and oxygen atoms in total. The van der Waals surface area contributed by atoms with Gasteiger partial charge in [-0.15, -0.1) is 0 Å². The van der Waals surface area contributed by atoms with Crippen LogP contribution in [0.2, 0.25) is 0 Å². The molecular formula is C15H22N4O3. The lowest BCUT2D eigenvalue weighted by atomic mass is 10.1. The number of nitrogens with zero attached hydrogens (tertiary/aromatic N) is 4. The smallest absolute Gasteiger partial charge is 0.293 e. The molecular weight excluding hydrogens is 284 g/mol. The molecule has 7 heteroatoms. The van der Waals surface area contributed by atoms with Crippen molar-refractivity contribution in [2.45, 2.75) is 6.92 Å². The van der Waals surface area contributed by atoms with Gasteiger partial charge in [0.15, 0.2) is 0 Å². The lowest BCUT2D eigenvalue weighted by molar-refractivity contribution is -0.384. The monoisotopic (exact) mass is 306 g/mol. The summed E-state index contributed by atoms with van der Waals surface area (Å²) in [5, 5.41) is 11.2. The largest absolute Gasteiger partial charge is 0.372 e. The molecule has 0 aromatic heterocycles. The molecule has 0 N–H and O–H groups in total. The number of nitro groups is 1. The Hall–Kier alpha value is -2.15. The summed E-state index contributed by atoms with van der Waals surface area (Å²) in [5.74, 6) is -0.135. The third-order valence-corrected chi connectivity index (χ3v) is 4.01. The third-order valence-electron chi connectivity index (χ3n) is 4.01. The first-order valence-electron chi connectivity index (χ1n) is 7.41. The van der Waals surface area contributed by atoms with Crippen molar-refractivity contribution < 1.29 is 9.72 Å². The molecule has 0 saturated carbocycles. The minimum atomic E-state index is -0.443. The van der Waals surface area contributed by atoms with E-state index in [2.05, 4.69) is 11.8 Å². The van der Waals surface area contributed by atoms with Crippen molar-refractivity contribution in [3.8, 4) is 0 Å². The molecule has 1 heterocycles. The fourth-order valence-electron chi connectivity index (χ4n) is 2.63. The maximum Gasteiger partial charge on any atom is 0.293 e. The Labute approximate surface area is 130 Å². The number of benzene rings is 1. The summed E-state index contributed by atoms with van der Waals surface area (Å²) in [6.07, 6.45) is 0. The van der Waals surface area contributed by atoms with Gasteiger partial charge in [0.1, 0.15) is 5.69 Å². The van der Waals surface area contributed by atoms with E-state index in [1.807, 2.05) is 0 Å². The van der Waals surface area contributed by atoms with Crippen LogP contribution in [0.4, 0.5) is 11.4 Å². The van der Waals surface area contributed by atoms with Crippen molar-refractivity contribution in [1.29, 1.82) is 0 Å². The van der Waals surface area contributed by atoms with Gasteiger partial charge in [-0.2, -0.15) is 0 Å². The molecule has 1 aliphatic heterocycles. The van der Waals surface area contributed by atoms with E-state index in [-0.39, 0.29) is 11.6 Å². The highest BCUT2D eigenvalue weighted by Gasteiger charge is 2.24. The molecule has 2 rings (SSSR count). The number of rotatable bonds is 4. The van der Waals surface area contributed by atoms with E-state index in [9.17, 15) is 14.9 Å². The van der Waals surface area contributed by atoms with Crippen molar-refractivity contribution in [3.05, 3.63) is 33.9 Å². The number of amides is 1. The standard InChI is InChI=1S/C15H22N4O3/c1-4-17-7-9-18(10-8-17)15(20)12-5-6-13(16(2)3)14(11-12)19(21)22/h5-6,11H,4,7-10H2,1-3H3. The maximum absolute atomic E-state index is 12.5. The molecule has 1 aromatic carbocycles. The molecule has 22 heavy (non-hydrogen) atoms. The Morgan fingerprint density at radius 3 is 2.41 bits per heavy atom. The minimum Gasteiger partial charge on any atom is -0.372 e. The van der Waals surface area contributed by atoms with Gasteiger partial charge in [0, 0.05) is 51.9 Å². The first kappa shape index (κ1) is 16.2. The Balaban J connectivity index is 2.20. The molecule has 1 amide bonds. The molecule has 0 aliphatic carbocycles. The van der Waals surface area contributed by atoms with Gasteiger partial charge in [0.2, 0.25) is 0 Å². The summed E-state index contributed by atoms with van der Waals surface area (Å²) >= 11 is 0. The van der Waals surface area contributed by atoms with Gasteiger partial charge in [0.25, 0.3) is 11.6 Å². The summed E-state index contributed by atoms with van der Waals surface area (Å²) in [4.78, 5) is 29.0. The number of likely N-dealkylation sites (N-methyl/N-ethyl adjacent to an activating group) is 1. The van der Waals surface area contributed by atoms with Crippen LogP contribution in [0, 0.1) is 10.1 Å². The maximum atomic E-state index is 12.5. The first-order chi connectivity index (χ1) is 10.4. The zero-order valence-electron chi connectivity index (χ0n) is 13.3. The summed E-state index contributed by atoms with van der Waals surface area (Å²) in [7, 11) is 3.49. The van der Waals surface area contributed by atoms with Crippen molar-refractivity contribution in [1.82, 2.24) is 9.80 Å². The number of nitro benzene ring substituents is 1. The molecule has 0 bridgehead atoms. The minimum absolute atomic E-state index is 0.0388. The summed E-state index contributed by atoms with van der Waals surface area (Å²) in [5.41, 5.74) is 0.836. The Morgan fingerprint density at radius 2 is 1.91 bits per heavy atom. The SMILES string of the molecule is CCN1CCN(C(=O)c2ccc(N(C)C)c([N+](=O)[O-])c2)CC1. The number of hydrogen-bond donors (Lipinski definition) is 0. The van der Waals surface area contributed by atoms with Crippen LogP contribution >= 0.6 is 0 Å². The van der Waals surface area contributed by atoms with Gasteiger partial charge in [-0.05, 0) is 18.7 Å². The quantitative estimate of drug-likeness (QED) is 0.622. The van der Waals surface area contributed by atoms with Gasteiger partial charge >= 0.3 is 0 Å². The fraction of sp³-hybridized carbons (Fsp3) is 0.533. The van der Waals surface area contributed by atoms with Gasteiger partial charge < -0.3 is 14.7 Å².